The van der Waals surface area contributed by atoms with Gasteiger partial charge in [0, 0.05) is 19.5 Å². The van der Waals surface area contributed by atoms with Crippen LogP contribution in [-0.4, -0.2) is 34.3 Å². The number of ether oxygens (including phenoxy) is 1. The lowest BCUT2D eigenvalue weighted by Crippen LogP contribution is -2.42. The quantitative estimate of drug-likeness (QED) is 0.797. The predicted molar refractivity (Wildman–Crippen MR) is 53.5 cm³/mol. The molecule has 5 heteroatoms. The van der Waals surface area contributed by atoms with Crippen molar-refractivity contribution in [3.63, 3.8) is 0 Å². The Morgan fingerprint density at radius 3 is 2.40 bits per heavy atom. The van der Waals surface area contributed by atoms with Crippen LogP contribution in [0.1, 0.15) is 19.7 Å². The Morgan fingerprint density at radius 1 is 1.47 bits per heavy atom. The molecule has 0 spiro atoms. The number of methoxy groups -OCH3 is 1. The van der Waals surface area contributed by atoms with E-state index in [9.17, 15) is 4.79 Å². The van der Waals surface area contributed by atoms with Crippen LogP contribution in [0.25, 0.3) is 0 Å². The third kappa shape index (κ3) is 2.30. The van der Waals surface area contributed by atoms with Gasteiger partial charge in [-0.2, -0.15) is 0 Å². The molecule has 0 fully saturated rings. The lowest BCUT2D eigenvalue weighted by molar-refractivity contribution is -0.152. The Hall–Kier alpha value is -1.49. The molecule has 0 saturated heterocycles. The molecule has 1 atom stereocenters. The summed E-state index contributed by atoms with van der Waals surface area (Å²) in [5.74, 6) is -0.561. The number of aromatic nitrogens is 2. The van der Waals surface area contributed by atoms with Crippen LogP contribution >= 0.6 is 0 Å². The molecule has 0 bridgehead atoms. The van der Waals surface area contributed by atoms with E-state index < -0.39 is 17.5 Å². The molecule has 15 heavy (non-hydrogen) atoms. The maximum atomic E-state index is 11.0. The number of carboxylic acids is 1. The summed E-state index contributed by atoms with van der Waals surface area (Å²) in [6.07, 6.45) is 2.21. The molecule has 1 N–H and O–H groups in total. The average Bonchev–Trinajstić information content (AvgIpc) is 2.19. The highest BCUT2D eigenvalue weighted by Gasteiger charge is 2.39. The van der Waals surface area contributed by atoms with Crippen molar-refractivity contribution >= 4 is 5.97 Å². The van der Waals surface area contributed by atoms with Crippen LogP contribution in [-0.2, 0) is 14.9 Å². The molecule has 1 aromatic rings. The van der Waals surface area contributed by atoms with E-state index in [1.807, 2.05) is 0 Å². The zero-order chi connectivity index (χ0) is 11.5. The van der Waals surface area contributed by atoms with Crippen molar-refractivity contribution in [1.82, 2.24) is 9.97 Å². The standard InChI is InChI=1S/C10H14N2O3/c1-10(2,7(15-3)8(13)14)9-11-5-4-6-12-9/h4-7H,1-3H3,(H,13,14). The van der Waals surface area contributed by atoms with Crippen molar-refractivity contribution in [3.05, 3.63) is 24.3 Å². The lowest BCUT2D eigenvalue weighted by Gasteiger charge is -2.28. The highest BCUT2D eigenvalue weighted by atomic mass is 16.5. The molecule has 0 aliphatic heterocycles. The van der Waals surface area contributed by atoms with E-state index in [1.54, 1.807) is 32.3 Å². The highest BCUT2D eigenvalue weighted by molar-refractivity contribution is 5.74. The maximum Gasteiger partial charge on any atom is 0.333 e. The average molecular weight is 210 g/mol. The molecule has 1 aromatic heterocycles. The smallest absolute Gasteiger partial charge is 0.333 e. The van der Waals surface area contributed by atoms with Crippen molar-refractivity contribution in [2.75, 3.05) is 7.11 Å². The summed E-state index contributed by atoms with van der Waals surface area (Å²) in [5, 5.41) is 8.99. The molecule has 0 aromatic carbocycles. The fourth-order valence-corrected chi connectivity index (χ4v) is 1.45. The van der Waals surface area contributed by atoms with Crippen molar-refractivity contribution in [3.8, 4) is 0 Å². The minimum atomic E-state index is -1.02. The van der Waals surface area contributed by atoms with Gasteiger partial charge in [0.15, 0.2) is 6.10 Å². The van der Waals surface area contributed by atoms with E-state index in [4.69, 9.17) is 9.84 Å². The summed E-state index contributed by atoms with van der Waals surface area (Å²) in [4.78, 5) is 19.1. The number of carboxylic acid groups (broad SMARTS) is 1. The van der Waals surface area contributed by atoms with Gasteiger partial charge in [0.25, 0.3) is 0 Å². The van der Waals surface area contributed by atoms with Crippen LogP contribution < -0.4 is 0 Å². The molecule has 0 saturated carbocycles. The first kappa shape index (κ1) is 11.6. The normalized spacial score (nSPS) is 13.5. The molecule has 0 aliphatic rings. The minimum absolute atomic E-state index is 0.458. The van der Waals surface area contributed by atoms with E-state index in [0.29, 0.717) is 5.82 Å². The van der Waals surface area contributed by atoms with Gasteiger partial charge in [-0.15, -0.1) is 0 Å². The largest absolute Gasteiger partial charge is 0.479 e. The summed E-state index contributed by atoms with van der Waals surface area (Å²) in [6, 6.07) is 1.68. The second-order valence-corrected chi connectivity index (χ2v) is 3.75. The fourth-order valence-electron chi connectivity index (χ4n) is 1.45. The van der Waals surface area contributed by atoms with Gasteiger partial charge < -0.3 is 9.84 Å². The highest BCUT2D eigenvalue weighted by Crippen LogP contribution is 2.25. The molecule has 0 aliphatic carbocycles. The van der Waals surface area contributed by atoms with E-state index in [-0.39, 0.29) is 0 Å². The molecule has 0 amide bonds. The van der Waals surface area contributed by atoms with E-state index >= 15 is 0 Å². The summed E-state index contributed by atoms with van der Waals surface area (Å²) in [6.45, 7) is 3.48. The summed E-state index contributed by atoms with van der Waals surface area (Å²) in [5.41, 5.74) is -0.762. The van der Waals surface area contributed by atoms with Crippen LogP contribution in [0.15, 0.2) is 18.5 Å². The second kappa shape index (κ2) is 4.35. The van der Waals surface area contributed by atoms with Crippen molar-refractivity contribution < 1.29 is 14.6 Å². The van der Waals surface area contributed by atoms with Crippen LogP contribution in [0.2, 0.25) is 0 Å². The number of nitrogens with zero attached hydrogens (tertiary/aromatic N) is 2. The summed E-state index contributed by atoms with van der Waals surface area (Å²) < 4.78 is 4.95. The maximum absolute atomic E-state index is 11.0. The first-order valence-electron chi connectivity index (χ1n) is 4.53. The van der Waals surface area contributed by atoms with Crippen LogP contribution in [0, 0.1) is 0 Å². The molecule has 5 nitrogen and oxygen atoms in total. The molecule has 82 valence electrons. The summed E-state index contributed by atoms with van der Waals surface area (Å²) >= 11 is 0. The lowest BCUT2D eigenvalue weighted by atomic mass is 9.85. The topological polar surface area (TPSA) is 72.3 Å². The number of hydrogen-bond donors (Lipinski definition) is 1. The second-order valence-electron chi connectivity index (χ2n) is 3.75. The molecular formula is C10H14N2O3. The first-order chi connectivity index (χ1) is 7.00. The molecule has 0 radical (unpaired) electrons. The monoisotopic (exact) mass is 210 g/mol. The van der Waals surface area contributed by atoms with Gasteiger partial charge in [0.1, 0.15) is 5.82 Å². The van der Waals surface area contributed by atoms with Crippen molar-refractivity contribution in [2.24, 2.45) is 0 Å². The van der Waals surface area contributed by atoms with Crippen LogP contribution in [0.3, 0.4) is 0 Å². The van der Waals surface area contributed by atoms with Crippen molar-refractivity contribution in [1.29, 1.82) is 0 Å². The zero-order valence-electron chi connectivity index (χ0n) is 8.97. The van der Waals surface area contributed by atoms with Gasteiger partial charge in [0.2, 0.25) is 0 Å². The number of rotatable bonds is 4. The predicted octanol–water partition coefficient (Wildman–Crippen LogP) is 0.854. The third-order valence-electron chi connectivity index (χ3n) is 2.26. The minimum Gasteiger partial charge on any atom is -0.479 e. The third-order valence-corrected chi connectivity index (χ3v) is 2.26. The van der Waals surface area contributed by atoms with Gasteiger partial charge in [-0.1, -0.05) is 0 Å². The van der Waals surface area contributed by atoms with E-state index in [0.717, 1.165) is 0 Å². The molecule has 1 unspecified atom stereocenters. The Balaban J connectivity index is 3.05. The van der Waals surface area contributed by atoms with E-state index in [1.165, 1.54) is 7.11 Å². The van der Waals surface area contributed by atoms with Gasteiger partial charge in [0.05, 0.1) is 5.41 Å². The Morgan fingerprint density at radius 2 is 2.00 bits per heavy atom. The fraction of sp³-hybridized carbons (Fsp3) is 0.500. The van der Waals surface area contributed by atoms with Gasteiger partial charge >= 0.3 is 5.97 Å². The first-order valence-corrected chi connectivity index (χ1v) is 4.53. The Bertz CT molecular complexity index is 338. The van der Waals surface area contributed by atoms with Gasteiger partial charge in [-0.05, 0) is 19.9 Å². The molecular weight excluding hydrogens is 196 g/mol. The molecule has 1 heterocycles. The van der Waals surface area contributed by atoms with Crippen molar-refractivity contribution in [2.45, 2.75) is 25.4 Å². The Labute approximate surface area is 88.1 Å². The number of aliphatic carboxylic acids is 1. The van der Waals surface area contributed by atoms with E-state index in [2.05, 4.69) is 9.97 Å². The number of carbonyl (C=O) groups is 1. The zero-order valence-corrected chi connectivity index (χ0v) is 8.97. The Kier molecular flexibility index (Phi) is 3.36. The van der Waals surface area contributed by atoms with Gasteiger partial charge in [-0.25, -0.2) is 14.8 Å². The molecule has 1 rings (SSSR count). The summed E-state index contributed by atoms with van der Waals surface area (Å²) in [7, 11) is 1.36. The van der Waals surface area contributed by atoms with Crippen LogP contribution in [0.5, 0.6) is 0 Å². The number of hydrogen-bond acceptors (Lipinski definition) is 4. The van der Waals surface area contributed by atoms with Crippen LogP contribution in [0.4, 0.5) is 0 Å². The SMILES string of the molecule is COC(C(=O)O)C(C)(C)c1ncccn1. The van der Waals surface area contributed by atoms with Gasteiger partial charge in [-0.3, -0.25) is 0 Å².